The number of nitrogens with zero attached hydrogens (tertiary/aromatic N) is 1. The van der Waals surface area contributed by atoms with Crippen LogP contribution in [0.5, 0.6) is 0 Å². The van der Waals surface area contributed by atoms with Crippen molar-refractivity contribution in [2.45, 2.75) is 0 Å². The van der Waals surface area contributed by atoms with Gasteiger partial charge >= 0.3 is 0 Å². The van der Waals surface area contributed by atoms with Gasteiger partial charge in [0.25, 0.3) is 5.91 Å². The largest absolute Gasteiger partial charge is 0.354 e. The number of rotatable bonds is 2. The highest BCUT2D eigenvalue weighted by Gasteiger charge is 2.05. The lowest BCUT2D eigenvalue weighted by Gasteiger charge is -1.97. The van der Waals surface area contributed by atoms with Crippen LogP contribution in [0.3, 0.4) is 0 Å². The molecule has 1 N–H and O–H groups in total. The molecule has 0 radical (unpaired) electrons. The molecule has 15 heavy (non-hydrogen) atoms. The maximum atomic E-state index is 11.2. The van der Waals surface area contributed by atoms with Crippen LogP contribution in [0.25, 0.3) is 6.08 Å². The van der Waals surface area contributed by atoms with E-state index >= 15 is 0 Å². The Hall–Kier alpha value is -1.79. The molecule has 1 aromatic carbocycles. The normalized spacial score (nSPS) is 10.6. The van der Waals surface area contributed by atoms with E-state index < -0.39 is 5.91 Å². The molecule has 0 aliphatic rings. The predicted molar refractivity (Wildman–Crippen MR) is 59.1 cm³/mol. The second-order valence-corrected chi connectivity index (χ2v) is 3.24. The first-order valence-corrected chi connectivity index (χ1v) is 4.64. The van der Waals surface area contributed by atoms with Gasteiger partial charge in [0.2, 0.25) is 0 Å². The van der Waals surface area contributed by atoms with Crippen molar-refractivity contribution in [2.24, 2.45) is 0 Å². The Morgan fingerprint density at radius 3 is 2.87 bits per heavy atom. The molecule has 0 aromatic heterocycles. The molecule has 1 aromatic rings. The van der Waals surface area contributed by atoms with Crippen LogP contribution < -0.4 is 5.32 Å². The number of benzene rings is 1. The predicted octanol–water partition coefficient (Wildman–Crippen LogP) is 1.99. The topological polar surface area (TPSA) is 52.9 Å². The van der Waals surface area contributed by atoms with Crippen molar-refractivity contribution in [3.63, 3.8) is 0 Å². The maximum Gasteiger partial charge on any atom is 0.261 e. The minimum absolute atomic E-state index is 0.0553. The van der Waals surface area contributed by atoms with Crippen LogP contribution in [0.2, 0.25) is 5.02 Å². The lowest BCUT2D eigenvalue weighted by molar-refractivity contribution is -0.116. The van der Waals surface area contributed by atoms with Crippen molar-refractivity contribution in [2.75, 3.05) is 7.05 Å². The van der Waals surface area contributed by atoms with E-state index in [9.17, 15) is 4.79 Å². The van der Waals surface area contributed by atoms with Crippen LogP contribution in [0.1, 0.15) is 5.56 Å². The first kappa shape index (κ1) is 11.3. The summed E-state index contributed by atoms with van der Waals surface area (Å²) in [6.45, 7) is 0. The Labute approximate surface area is 93.0 Å². The van der Waals surface area contributed by atoms with E-state index in [0.29, 0.717) is 5.02 Å². The van der Waals surface area contributed by atoms with Crippen molar-refractivity contribution in [3.8, 4) is 6.07 Å². The number of likely N-dealkylation sites (N-methyl/N-ethyl adjacent to an activating group) is 1. The molecular weight excluding hydrogens is 212 g/mol. The zero-order chi connectivity index (χ0) is 11.3. The first-order chi connectivity index (χ1) is 7.17. The molecule has 0 spiro atoms. The molecule has 0 bridgehead atoms. The molecule has 76 valence electrons. The van der Waals surface area contributed by atoms with Crippen LogP contribution in [0.4, 0.5) is 0 Å². The van der Waals surface area contributed by atoms with Crippen molar-refractivity contribution in [1.29, 1.82) is 5.26 Å². The Morgan fingerprint density at radius 2 is 2.33 bits per heavy atom. The van der Waals surface area contributed by atoms with Gasteiger partial charge in [-0.15, -0.1) is 0 Å². The standard InChI is InChI=1S/C11H9ClN2O/c1-14-11(15)9(7-13)5-8-3-2-4-10(12)6-8/h2-6H,1H3,(H,14,15)/b9-5-. The van der Waals surface area contributed by atoms with Gasteiger partial charge in [0.05, 0.1) is 0 Å². The Balaban J connectivity index is 3.05. The summed E-state index contributed by atoms with van der Waals surface area (Å²) in [5, 5.41) is 11.7. The van der Waals surface area contributed by atoms with E-state index in [1.54, 1.807) is 24.3 Å². The van der Waals surface area contributed by atoms with Gasteiger partial charge in [0.1, 0.15) is 11.6 Å². The van der Waals surface area contributed by atoms with E-state index in [0.717, 1.165) is 5.56 Å². The SMILES string of the molecule is CNC(=O)/C(C#N)=C\c1cccc(Cl)c1. The number of carbonyl (C=O) groups is 1. The number of nitrogens with one attached hydrogen (secondary N) is 1. The number of carbonyl (C=O) groups excluding carboxylic acids is 1. The summed E-state index contributed by atoms with van der Waals surface area (Å²) in [6.07, 6.45) is 1.49. The smallest absolute Gasteiger partial charge is 0.261 e. The molecule has 0 heterocycles. The van der Waals surface area contributed by atoms with Crippen LogP contribution in [0, 0.1) is 11.3 Å². The highest BCUT2D eigenvalue weighted by Crippen LogP contribution is 2.13. The third-order valence-corrected chi connectivity index (χ3v) is 1.99. The van der Waals surface area contributed by atoms with E-state index in [4.69, 9.17) is 16.9 Å². The summed E-state index contributed by atoms with van der Waals surface area (Å²) in [7, 11) is 1.48. The maximum absolute atomic E-state index is 11.2. The second-order valence-electron chi connectivity index (χ2n) is 2.80. The number of amides is 1. The van der Waals surface area contributed by atoms with Crippen LogP contribution in [-0.4, -0.2) is 13.0 Å². The Kier molecular flexibility index (Phi) is 3.90. The van der Waals surface area contributed by atoms with E-state index in [-0.39, 0.29) is 5.57 Å². The minimum Gasteiger partial charge on any atom is -0.354 e. The van der Waals surface area contributed by atoms with E-state index in [2.05, 4.69) is 5.32 Å². The third-order valence-electron chi connectivity index (χ3n) is 1.75. The van der Waals surface area contributed by atoms with Crippen molar-refractivity contribution >= 4 is 23.6 Å². The molecule has 1 amide bonds. The van der Waals surface area contributed by atoms with Gasteiger partial charge in [0, 0.05) is 12.1 Å². The van der Waals surface area contributed by atoms with Crippen LogP contribution >= 0.6 is 11.6 Å². The molecule has 0 saturated carbocycles. The average molecular weight is 221 g/mol. The molecular formula is C11H9ClN2O. The molecule has 0 saturated heterocycles. The Morgan fingerprint density at radius 1 is 1.60 bits per heavy atom. The fraction of sp³-hybridized carbons (Fsp3) is 0.0909. The number of nitriles is 1. The third kappa shape index (κ3) is 3.12. The average Bonchev–Trinajstić information content (AvgIpc) is 2.25. The van der Waals surface area contributed by atoms with Gasteiger partial charge in [0.15, 0.2) is 0 Å². The fourth-order valence-corrected chi connectivity index (χ4v) is 1.25. The molecule has 0 aliphatic carbocycles. The molecule has 0 aliphatic heterocycles. The van der Waals surface area contributed by atoms with Gasteiger partial charge < -0.3 is 5.32 Å². The van der Waals surface area contributed by atoms with Gasteiger partial charge in [-0.1, -0.05) is 23.7 Å². The van der Waals surface area contributed by atoms with Crippen molar-refractivity contribution in [1.82, 2.24) is 5.32 Å². The van der Waals surface area contributed by atoms with E-state index in [1.165, 1.54) is 13.1 Å². The van der Waals surface area contributed by atoms with Gasteiger partial charge in [-0.2, -0.15) is 5.26 Å². The summed E-state index contributed by atoms with van der Waals surface area (Å²) >= 11 is 5.77. The highest BCUT2D eigenvalue weighted by atomic mass is 35.5. The summed E-state index contributed by atoms with van der Waals surface area (Å²) in [6, 6.07) is 8.76. The molecule has 0 unspecified atom stereocenters. The van der Waals surface area contributed by atoms with E-state index in [1.807, 2.05) is 6.07 Å². The number of hydrogen-bond donors (Lipinski definition) is 1. The Bertz CT molecular complexity index is 446. The second kappa shape index (κ2) is 5.18. The summed E-state index contributed by atoms with van der Waals surface area (Å²) in [5.74, 6) is -0.405. The van der Waals surface area contributed by atoms with Crippen LogP contribution in [0.15, 0.2) is 29.8 Å². The quantitative estimate of drug-likeness (QED) is 0.612. The lowest BCUT2D eigenvalue weighted by atomic mass is 10.1. The van der Waals surface area contributed by atoms with Crippen LogP contribution in [-0.2, 0) is 4.79 Å². The zero-order valence-electron chi connectivity index (χ0n) is 8.12. The number of hydrogen-bond acceptors (Lipinski definition) is 2. The summed E-state index contributed by atoms with van der Waals surface area (Å²) in [4.78, 5) is 11.2. The van der Waals surface area contributed by atoms with Crippen molar-refractivity contribution in [3.05, 3.63) is 40.4 Å². The monoisotopic (exact) mass is 220 g/mol. The number of halogens is 1. The summed E-state index contributed by atoms with van der Waals surface area (Å²) in [5.41, 5.74) is 0.780. The molecule has 0 fully saturated rings. The zero-order valence-corrected chi connectivity index (χ0v) is 8.88. The van der Waals surface area contributed by atoms with Gasteiger partial charge in [-0.05, 0) is 23.8 Å². The summed E-state index contributed by atoms with van der Waals surface area (Å²) < 4.78 is 0. The first-order valence-electron chi connectivity index (χ1n) is 4.27. The molecule has 0 atom stereocenters. The highest BCUT2D eigenvalue weighted by molar-refractivity contribution is 6.30. The fourth-order valence-electron chi connectivity index (χ4n) is 1.05. The molecule has 4 heteroatoms. The molecule has 1 rings (SSSR count). The lowest BCUT2D eigenvalue weighted by Crippen LogP contribution is -2.19. The van der Waals surface area contributed by atoms with Gasteiger partial charge in [-0.3, -0.25) is 4.79 Å². The van der Waals surface area contributed by atoms with Crippen molar-refractivity contribution < 1.29 is 4.79 Å². The molecule has 3 nitrogen and oxygen atoms in total. The van der Waals surface area contributed by atoms with Gasteiger partial charge in [-0.25, -0.2) is 0 Å². The minimum atomic E-state index is -0.405.